The van der Waals surface area contributed by atoms with E-state index in [0.29, 0.717) is 12.4 Å². The molecule has 0 radical (unpaired) electrons. The van der Waals surface area contributed by atoms with E-state index in [1.165, 1.54) is 0 Å². The molecule has 0 aliphatic heterocycles. The molecule has 1 amide bonds. The van der Waals surface area contributed by atoms with E-state index < -0.39 is 11.8 Å². The van der Waals surface area contributed by atoms with Crippen LogP contribution in [0.25, 0.3) is 0 Å². The molecule has 0 heterocycles. The van der Waals surface area contributed by atoms with E-state index in [4.69, 9.17) is 11.6 Å². The van der Waals surface area contributed by atoms with Gasteiger partial charge in [0.15, 0.2) is 0 Å². The summed E-state index contributed by atoms with van der Waals surface area (Å²) in [7, 11) is 0. The van der Waals surface area contributed by atoms with Gasteiger partial charge < -0.3 is 5.32 Å². The summed E-state index contributed by atoms with van der Waals surface area (Å²) in [5.41, 5.74) is 0. The summed E-state index contributed by atoms with van der Waals surface area (Å²) in [4.78, 5) is 11.0. The Morgan fingerprint density at radius 1 is 1.58 bits per heavy atom. The smallest absolute Gasteiger partial charge is 0.249 e. The van der Waals surface area contributed by atoms with Crippen molar-refractivity contribution in [3.05, 3.63) is 0 Å². The molecule has 12 heavy (non-hydrogen) atoms. The minimum atomic E-state index is -2.62. The van der Waals surface area contributed by atoms with Crippen molar-refractivity contribution in [3.63, 3.8) is 0 Å². The van der Waals surface area contributed by atoms with Crippen LogP contribution in [-0.2, 0) is 4.79 Å². The van der Waals surface area contributed by atoms with Gasteiger partial charge in [0.1, 0.15) is 0 Å². The first kappa shape index (κ1) is 9.71. The molecule has 1 saturated carbocycles. The lowest BCUT2D eigenvalue weighted by molar-refractivity contribution is -0.150. The van der Waals surface area contributed by atoms with Crippen LogP contribution in [0.4, 0.5) is 8.78 Å². The number of carbonyl (C=O) groups excluding carboxylic acids is 1. The fourth-order valence-corrected chi connectivity index (χ4v) is 1.26. The van der Waals surface area contributed by atoms with Crippen LogP contribution in [0.15, 0.2) is 0 Å². The first-order valence-corrected chi connectivity index (χ1v) is 4.30. The zero-order valence-corrected chi connectivity index (χ0v) is 7.20. The Labute approximate surface area is 74.3 Å². The molecule has 1 fully saturated rings. The molecule has 0 aromatic carbocycles. The first-order valence-electron chi connectivity index (χ1n) is 3.77. The van der Waals surface area contributed by atoms with Gasteiger partial charge in [0.05, 0.1) is 0 Å². The van der Waals surface area contributed by atoms with Gasteiger partial charge in [-0.05, 0) is 0 Å². The van der Waals surface area contributed by atoms with Crippen molar-refractivity contribution >= 4 is 17.5 Å². The van der Waals surface area contributed by atoms with Crippen LogP contribution >= 0.6 is 11.6 Å². The highest BCUT2D eigenvalue weighted by atomic mass is 35.5. The number of carbonyl (C=O) groups is 1. The highest BCUT2D eigenvalue weighted by Crippen LogP contribution is 2.42. The van der Waals surface area contributed by atoms with Crippen molar-refractivity contribution in [1.82, 2.24) is 5.32 Å². The van der Waals surface area contributed by atoms with Crippen LogP contribution in [0.3, 0.4) is 0 Å². The maximum Gasteiger partial charge on any atom is 0.249 e. The fourth-order valence-electron chi connectivity index (χ4n) is 1.16. The van der Waals surface area contributed by atoms with E-state index in [0.717, 1.165) is 0 Å². The van der Waals surface area contributed by atoms with Crippen LogP contribution in [-0.4, -0.2) is 24.3 Å². The molecular weight excluding hydrogens is 188 g/mol. The SMILES string of the molecule is O=C(NCCCl)C1CC(F)(F)C1. The quantitative estimate of drug-likeness (QED) is 0.681. The van der Waals surface area contributed by atoms with Gasteiger partial charge in [0.25, 0.3) is 0 Å². The van der Waals surface area contributed by atoms with E-state index in [1.807, 2.05) is 0 Å². The minimum absolute atomic E-state index is 0.304. The summed E-state index contributed by atoms with van der Waals surface area (Å²) >= 11 is 5.30. The van der Waals surface area contributed by atoms with Crippen LogP contribution in [0.1, 0.15) is 12.8 Å². The molecule has 70 valence electrons. The van der Waals surface area contributed by atoms with Gasteiger partial charge in [-0.3, -0.25) is 4.79 Å². The predicted octanol–water partition coefficient (Wildman–Crippen LogP) is 1.39. The van der Waals surface area contributed by atoms with Crippen LogP contribution < -0.4 is 5.32 Å². The van der Waals surface area contributed by atoms with Crippen molar-refractivity contribution < 1.29 is 13.6 Å². The molecule has 0 bridgehead atoms. The number of hydrogen-bond acceptors (Lipinski definition) is 1. The minimum Gasteiger partial charge on any atom is -0.355 e. The molecular formula is C7H10ClF2NO. The Kier molecular flexibility index (Phi) is 2.88. The summed E-state index contributed by atoms with van der Waals surface area (Å²) in [5.74, 6) is -3.12. The maximum absolute atomic E-state index is 12.3. The topological polar surface area (TPSA) is 29.1 Å². The van der Waals surface area contributed by atoms with Crippen molar-refractivity contribution in [2.75, 3.05) is 12.4 Å². The standard InChI is InChI=1S/C7H10ClF2NO/c8-1-2-11-6(12)5-3-7(9,10)4-5/h5H,1-4H2,(H,11,12). The van der Waals surface area contributed by atoms with Gasteiger partial charge in [-0.1, -0.05) is 0 Å². The second kappa shape index (κ2) is 3.56. The molecule has 0 aromatic rings. The van der Waals surface area contributed by atoms with E-state index in [9.17, 15) is 13.6 Å². The Morgan fingerprint density at radius 3 is 2.58 bits per heavy atom. The largest absolute Gasteiger partial charge is 0.355 e. The average molecular weight is 198 g/mol. The van der Waals surface area contributed by atoms with Crippen molar-refractivity contribution in [2.24, 2.45) is 5.92 Å². The van der Waals surface area contributed by atoms with Crippen LogP contribution in [0, 0.1) is 5.92 Å². The molecule has 1 rings (SSSR count). The Morgan fingerprint density at radius 2 is 2.17 bits per heavy atom. The molecule has 1 aliphatic rings. The third kappa shape index (κ3) is 2.30. The van der Waals surface area contributed by atoms with E-state index in [2.05, 4.69) is 5.32 Å². The third-order valence-corrected chi connectivity index (χ3v) is 2.04. The average Bonchev–Trinajstić information content (AvgIpc) is 1.95. The Bertz CT molecular complexity index is 178. The molecule has 1 aliphatic carbocycles. The first-order chi connectivity index (χ1) is 5.55. The van der Waals surface area contributed by atoms with Crippen LogP contribution in [0.2, 0.25) is 0 Å². The predicted molar refractivity (Wildman–Crippen MR) is 41.4 cm³/mol. The van der Waals surface area contributed by atoms with E-state index >= 15 is 0 Å². The van der Waals surface area contributed by atoms with Crippen molar-refractivity contribution in [1.29, 1.82) is 0 Å². The monoisotopic (exact) mass is 197 g/mol. The van der Waals surface area contributed by atoms with E-state index in [-0.39, 0.29) is 18.7 Å². The highest BCUT2D eigenvalue weighted by Gasteiger charge is 2.48. The summed E-state index contributed by atoms with van der Waals surface area (Å²) in [6.45, 7) is 0.350. The third-order valence-electron chi connectivity index (χ3n) is 1.85. The van der Waals surface area contributed by atoms with Gasteiger partial charge in [0, 0.05) is 31.2 Å². The summed E-state index contributed by atoms with van der Waals surface area (Å²) in [6.07, 6.45) is -0.637. The summed E-state index contributed by atoms with van der Waals surface area (Å²) < 4.78 is 24.5. The maximum atomic E-state index is 12.3. The summed E-state index contributed by atoms with van der Waals surface area (Å²) in [5, 5.41) is 2.47. The zero-order chi connectivity index (χ0) is 9.19. The number of nitrogens with one attached hydrogen (secondary N) is 1. The van der Waals surface area contributed by atoms with Crippen LogP contribution in [0.5, 0.6) is 0 Å². The van der Waals surface area contributed by atoms with Gasteiger partial charge in [-0.25, -0.2) is 8.78 Å². The number of alkyl halides is 3. The number of hydrogen-bond donors (Lipinski definition) is 1. The number of amides is 1. The van der Waals surface area contributed by atoms with E-state index in [1.54, 1.807) is 0 Å². The zero-order valence-electron chi connectivity index (χ0n) is 6.45. The molecule has 0 aromatic heterocycles. The van der Waals surface area contributed by atoms with Gasteiger partial charge in [-0.15, -0.1) is 11.6 Å². The highest BCUT2D eigenvalue weighted by molar-refractivity contribution is 6.18. The molecule has 5 heteroatoms. The molecule has 1 N–H and O–H groups in total. The molecule has 2 nitrogen and oxygen atoms in total. The summed E-state index contributed by atoms with van der Waals surface area (Å²) in [6, 6.07) is 0. The van der Waals surface area contributed by atoms with Crippen molar-refractivity contribution in [3.8, 4) is 0 Å². The second-order valence-electron chi connectivity index (χ2n) is 2.94. The molecule has 0 spiro atoms. The molecule has 0 saturated heterocycles. The van der Waals surface area contributed by atoms with Gasteiger partial charge in [0.2, 0.25) is 11.8 Å². The van der Waals surface area contributed by atoms with Gasteiger partial charge >= 0.3 is 0 Å². The molecule has 0 atom stereocenters. The lowest BCUT2D eigenvalue weighted by atomic mass is 9.81. The Balaban J connectivity index is 2.19. The Hall–Kier alpha value is -0.380. The lowest BCUT2D eigenvalue weighted by Gasteiger charge is -2.33. The lowest BCUT2D eigenvalue weighted by Crippen LogP contribution is -2.45. The number of halogens is 3. The normalized spacial score (nSPS) is 21.6. The fraction of sp³-hybridized carbons (Fsp3) is 0.857. The molecule has 0 unspecified atom stereocenters. The van der Waals surface area contributed by atoms with Crippen molar-refractivity contribution in [2.45, 2.75) is 18.8 Å². The number of rotatable bonds is 3. The second-order valence-corrected chi connectivity index (χ2v) is 3.32. The van der Waals surface area contributed by atoms with Gasteiger partial charge in [-0.2, -0.15) is 0 Å².